The Bertz CT molecular complexity index is 867. The Labute approximate surface area is 199 Å². The lowest BCUT2D eigenvalue weighted by molar-refractivity contribution is -0.154. The number of aromatic nitrogens is 2. The summed E-state index contributed by atoms with van der Waals surface area (Å²) in [6.07, 6.45) is 8.66. The molecular weight excluding hydrogens is 441 g/mol. The molecule has 4 rings (SSSR count). The van der Waals surface area contributed by atoms with Crippen LogP contribution in [0.25, 0.3) is 0 Å². The van der Waals surface area contributed by atoms with Crippen LogP contribution in [0.1, 0.15) is 57.2 Å². The number of halogens is 1. The predicted molar refractivity (Wildman–Crippen MR) is 125 cm³/mol. The summed E-state index contributed by atoms with van der Waals surface area (Å²) in [7, 11) is 0. The molecule has 11 heteroatoms. The highest BCUT2D eigenvalue weighted by atomic mass is 19.1. The lowest BCUT2D eigenvalue weighted by Crippen LogP contribution is -2.55. The van der Waals surface area contributed by atoms with Gasteiger partial charge in [-0.1, -0.05) is 32.1 Å². The summed E-state index contributed by atoms with van der Waals surface area (Å²) in [5.41, 5.74) is 5.18. The van der Waals surface area contributed by atoms with Gasteiger partial charge in [0.05, 0.1) is 12.5 Å². The van der Waals surface area contributed by atoms with E-state index in [1.165, 1.54) is 12.8 Å². The molecule has 1 saturated carbocycles. The Morgan fingerprint density at radius 2 is 1.97 bits per heavy atom. The minimum Gasteiger partial charge on any atom is -0.351 e. The zero-order valence-corrected chi connectivity index (χ0v) is 19.9. The molecule has 188 valence electrons. The van der Waals surface area contributed by atoms with Crippen LogP contribution in [0.15, 0.2) is 0 Å². The van der Waals surface area contributed by atoms with Gasteiger partial charge in [-0.15, -0.1) is 0 Å². The molecule has 1 aromatic heterocycles. The van der Waals surface area contributed by atoms with Crippen LogP contribution in [0.2, 0.25) is 0 Å². The van der Waals surface area contributed by atoms with E-state index in [-0.39, 0.29) is 24.6 Å². The second-order valence-electron chi connectivity index (χ2n) is 9.81. The number of hydroxylamine groups is 2. The van der Waals surface area contributed by atoms with Crippen LogP contribution in [-0.2, 0) is 9.59 Å². The summed E-state index contributed by atoms with van der Waals surface area (Å²) < 4.78 is 15.4. The predicted octanol–water partition coefficient (Wildman–Crippen LogP) is 2.09. The third-order valence-corrected chi connectivity index (χ3v) is 7.38. The number of nitrogens with one attached hydrogen (secondary N) is 2. The zero-order valence-electron chi connectivity index (χ0n) is 19.9. The Hall–Kier alpha value is -2.53. The summed E-state index contributed by atoms with van der Waals surface area (Å²) in [6, 6.07) is 0.406. The van der Waals surface area contributed by atoms with Crippen LogP contribution in [-0.4, -0.2) is 76.2 Å². The van der Waals surface area contributed by atoms with Gasteiger partial charge in [0, 0.05) is 25.7 Å². The molecule has 3 N–H and O–H groups in total. The van der Waals surface area contributed by atoms with Crippen molar-refractivity contribution in [1.82, 2.24) is 25.4 Å². The SMILES string of the molecule is Cc1nc(NNC(=O)[C@@H](CC2CCCC2)CN(O)C=O)c(F)c(N2CCN3CCCC[C@@H]3C2)n1. The molecule has 1 aromatic rings. The van der Waals surface area contributed by atoms with Gasteiger partial charge in [0.25, 0.3) is 0 Å². The zero-order chi connectivity index (χ0) is 24.1. The molecular formula is C23H36FN7O3. The molecule has 2 aliphatic heterocycles. The van der Waals surface area contributed by atoms with Crippen molar-refractivity contribution in [2.24, 2.45) is 11.8 Å². The number of nitrogens with zero attached hydrogens (tertiary/aromatic N) is 5. The van der Waals surface area contributed by atoms with E-state index in [1.54, 1.807) is 6.92 Å². The number of anilines is 2. The molecule has 0 radical (unpaired) electrons. The van der Waals surface area contributed by atoms with Crippen molar-refractivity contribution >= 4 is 24.0 Å². The van der Waals surface area contributed by atoms with Gasteiger partial charge in [-0.05, 0) is 38.6 Å². The van der Waals surface area contributed by atoms with Crippen molar-refractivity contribution in [3.8, 4) is 0 Å². The largest absolute Gasteiger partial charge is 0.351 e. The van der Waals surface area contributed by atoms with Gasteiger partial charge in [0.1, 0.15) is 5.82 Å². The quantitative estimate of drug-likeness (QED) is 0.281. The van der Waals surface area contributed by atoms with E-state index in [0.29, 0.717) is 35.8 Å². The summed E-state index contributed by atoms with van der Waals surface area (Å²) >= 11 is 0. The fraction of sp³-hybridized carbons (Fsp3) is 0.739. The van der Waals surface area contributed by atoms with Gasteiger partial charge in [-0.2, -0.15) is 4.39 Å². The second kappa shape index (κ2) is 11.3. The summed E-state index contributed by atoms with van der Waals surface area (Å²) in [4.78, 5) is 36.7. The third kappa shape index (κ3) is 5.93. The van der Waals surface area contributed by atoms with Crippen molar-refractivity contribution in [3.05, 3.63) is 11.6 Å². The van der Waals surface area contributed by atoms with Crippen molar-refractivity contribution in [3.63, 3.8) is 0 Å². The number of hydrazine groups is 1. The Balaban J connectivity index is 1.42. The van der Waals surface area contributed by atoms with E-state index in [0.717, 1.165) is 51.7 Å². The first-order valence-corrected chi connectivity index (χ1v) is 12.4. The number of hydrogen-bond donors (Lipinski definition) is 3. The maximum absolute atomic E-state index is 15.4. The summed E-state index contributed by atoms with van der Waals surface area (Å²) in [5.74, 6) is -0.684. The van der Waals surface area contributed by atoms with Crippen molar-refractivity contribution in [2.45, 2.75) is 64.3 Å². The Morgan fingerprint density at radius 1 is 1.21 bits per heavy atom. The van der Waals surface area contributed by atoms with Crippen LogP contribution in [0.4, 0.5) is 16.0 Å². The van der Waals surface area contributed by atoms with Crippen molar-refractivity contribution in [1.29, 1.82) is 0 Å². The van der Waals surface area contributed by atoms with E-state index < -0.39 is 17.6 Å². The number of carbonyl (C=O) groups is 2. The first-order valence-electron chi connectivity index (χ1n) is 12.4. The molecule has 3 fully saturated rings. The molecule has 0 spiro atoms. The highest BCUT2D eigenvalue weighted by Gasteiger charge is 2.32. The monoisotopic (exact) mass is 477 g/mol. The number of piperazine rings is 1. The van der Waals surface area contributed by atoms with Crippen LogP contribution < -0.4 is 15.8 Å². The van der Waals surface area contributed by atoms with E-state index >= 15 is 4.39 Å². The molecule has 2 atom stereocenters. The second-order valence-corrected chi connectivity index (χ2v) is 9.81. The van der Waals surface area contributed by atoms with Crippen LogP contribution >= 0.6 is 0 Å². The molecule has 0 bridgehead atoms. The molecule has 1 aliphatic carbocycles. The Morgan fingerprint density at radius 3 is 2.74 bits per heavy atom. The van der Waals surface area contributed by atoms with Gasteiger partial charge < -0.3 is 4.90 Å². The lowest BCUT2D eigenvalue weighted by Gasteiger charge is -2.44. The van der Waals surface area contributed by atoms with Crippen LogP contribution in [0.5, 0.6) is 0 Å². The minimum absolute atomic E-state index is 0.0854. The fourth-order valence-electron chi connectivity index (χ4n) is 5.59. The molecule has 3 heterocycles. The maximum atomic E-state index is 15.4. The standard InChI is InChI=1S/C23H36FN7O3/c1-16-25-21(20(24)22(26-16)30-11-10-29-9-5-4-8-19(29)14-30)27-28-23(33)18(13-31(34)15-32)12-17-6-2-3-7-17/h15,17-19,34H,2-14H2,1H3,(H,28,33)(H,25,26,27)/t18-,19+/m0/s1. The van der Waals surface area contributed by atoms with Gasteiger partial charge >= 0.3 is 0 Å². The molecule has 2 amide bonds. The molecule has 34 heavy (non-hydrogen) atoms. The van der Waals surface area contributed by atoms with Crippen LogP contribution in [0.3, 0.4) is 0 Å². The normalized spacial score (nSPS) is 22.2. The highest BCUT2D eigenvalue weighted by molar-refractivity contribution is 5.80. The average molecular weight is 478 g/mol. The van der Waals surface area contributed by atoms with Gasteiger partial charge in [-0.25, -0.2) is 15.0 Å². The molecule has 2 saturated heterocycles. The van der Waals surface area contributed by atoms with Gasteiger partial charge in [-0.3, -0.25) is 30.5 Å². The van der Waals surface area contributed by atoms with Gasteiger partial charge in [0.15, 0.2) is 11.6 Å². The molecule has 0 unspecified atom stereocenters. The number of hydrogen-bond acceptors (Lipinski definition) is 8. The molecule has 0 aromatic carbocycles. The number of piperidine rings is 1. The minimum atomic E-state index is -0.615. The van der Waals surface area contributed by atoms with E-state index in [9.17, 15) is 14.8 Å². The topological polar surface area (TPSA) is 114 Å². The van der Waals surface area contributed by atoms with E-state index in [4.69, 9.17) is 0 Å². The highest BCUT2D eigenvalue weighted by Crippen LogP contribution is 2.31. The van der Waals surface area contributed by atoms with Crippen molar-refractivity contribution < 1.29 is 19.2 Å². The third-order valence-electron chi connectivity index (χ3n) is 7.38. The number of amides is 2. The number of rotatable bonds is 9. The molecule has 10 nitrogen and oxygen atoms in total. The van der Waals surface area contributed by atoms with Crippen molar-refractivity contribution in [2.75, 3.05) is 43.0 Å². The summed E-state index contributed by atoms with van der Waals surface area (Å²) in [5, 5.41) is 10.1. The number of carbonyl (C=O) groups excluding carboxylic acids is 2. The average Bonchev–Trinajstić information content (AvgIpc) is 3.36. The number of fused-ring (bicyclic) bond motifs is 1. The Kier molecular flexibility index (Phi) is 8.15. The molecule has 3 aliphatic rings. The fourth-order valence-corrected chi connectivity index (χ4v) is 5.59. The summed E-state index contributed by atoms with van der Waals surface area (Å²) in [6.45, 7) is 4.97. The maximum Gasteiger partial charge on any atom is 0.243 e. The smallest absolute Gasteiger partial charge is 0.243 e. The lowest BCUT2D eigenvalue weighted by atomic mass is 9.92. The van der Waals surface area contributed by atoms with E-state index in [1.807, 2.05) is 4.90 Å². The van der Waals surface area contributed by atoms with Crippen LogP contribution in [0, 0.1) is 24.6 Å². The number of aryl methyl sites for hydroxylation is 1. The first-order chi connectivity index (χ1) is 16.4. The first kappa shape index (κ1) is 24.6. The van der Waals surface area contributed by atoms with E-state index in [2.05, 4.69) is 25.7 Å². The van der Waals surface area contributed by atoms with Gasteiger partial charge in [0.2, 0.25) is 18.1 Å².